The van der Waals surface area contributed by atoms with Crippen molar-refractivity contribution in [1.82, 2.24) is 0 Å². The van der Waals surface area contributed by atoms with Crippen molar-refractivity contribution in [3.8, 4) is 5.75 Å². The second kappa shape index (κ2) is 6.13. The van der Waals surface area contributed by atoms with E-state index in [2.05, 4.69) is 15.9 Å². The van der Waals surface area contributed by atoms with Gasteiger partial charge in [0.2, 0.25) is 0 Å². The molecule has 2 aromatic carbocycles. The minimum absolute atomic E-state index is 0.105. The van der Waals surface area contributed by atoms with Crippen molar-refractivity contribution in [3.05, 3.63) is 63.6 Å². The Morgan fingerprint density at radius 2 is 1.90 bits per heavy atom. The Hall–Kier alpha value is -1.75. The quantitative estimate of drug-likeness (QED) is 0.781. The normalized spacial score (nSPS) is 10.4. The average molecular weight is 341 g/mol. The van der Waals surface area contributed by atoms with Crippen LogP contribution in [0.4, 0.5) is 8.78 Å². The number of ether oxygens (including phenoxy) is 1. The Labute approximate surface area is 123 Å². The van der Waals surface area contributed by atoms with Gasteiger partial charge >= 0.3 is 0 Å². The Morgan fingerprint density at radius 3 is 2.50 bits per heavy atom. The highest BCUT2D eigenvalue weighted by atomic mass is 79.9. The number of ketones is 1. The number of hydrogen-bond donors (Lipinski definition) is 0. The molecule has 0 unspecified atom stereocenters. The van der Waals surface area contributed by atoms with E-state index in [4.69, 9.17) is 4.74 Å². The maximum atomic E-state index is 13.1. The van der Waals surface area contributed by atoms with Gasteiger partial charge in [-0.3, -0.25) is 4.79 Å². The third-order valence-corrected chi connectivity index (χ3v) is 3.44. The number of rotatable bonds is 4. The van der Waals surface area contributed by atoms with Gasteiger partial charge < -0.3 is 4.74 Å². The van der Waals surface area contributed by atoms with Gasteiger partial charge in [-0.1, -0.05) is 6.07 Å². The lowest BCUT2D eigenvalue weighted by Gasteiger charge is -2.06. The molecular formula is C15H11BrF2O2. The van der Waals surface area contributed by atoms with Gasteiger partial charge in [-0.25, -0.2) is 8.78 Å². The van der Waals surface area contributed by atoms with E-state index in [1.807, 2.05) is 0 Å². The lowest BCUT2D eigenvalue weighted by molar-refractivity contribution is 0.0992. The van der Waals surface area contributed by atoms with E-state index in [1.54, 1.807) is 25.3 Å². The number of benzene rings is 2. The van der Waals surface area contributed by atoms with Gasteiger partial charge in [-0.05, 0) is 51.8 Å². The molecule has 20 heavy (non-hydrogen) atoms. The van der Waals surface area contributed by atoms with E-state index < -0.39 is 11.6 Å². The van der Waals surface area contributed by atoms with Crippen LogP contribution in [-0.2, 0) is 6.42 Å². The average Bonchev–Trinajstić information content (AvgIpc) is 2.42. The largest absolute Gasteiger partial charge is 0.496 e. The van der Waals surface area contributed by atoms with Crippen LogP contribution < -0.4 is 4.74 Å². The van der Waals surface area contributed by atoms with Crippen LogP contribution in [-0.4, -0.2) is 12.9 Å². The standard InChI is InChI=1S/C15H11BrF2O2/c1-20-15-5-2-9(6-11(15)16)7-14(19)10-3-4-12(17)13(18)8-10/h2-6,8H,7H2,1H3. The maximum Gasteiger partial charge on any atom is 0.167 e. The van der Waals surface area contributed by atoms with Gasteiger partial charge in [0.1, 0.15) is 5.75 Å². The molecule has 0 amide bonds. The van der Waals surface area contributed by atoms with Gasteiger partial charge in [-0.15, -0.1) is 0 Å². The molecule has 2 nitrogen and oxygen atoms in total. The van der Waals surface area contributed by atoms with Crippen LogP contribution in [0.1, 0.15) is 15.9 Å². The molecular weight excluding hydrogens is 330 g/mol. The molecule has 0 bridgehead atoms. The fraction of sp³-hybridized carbons (Fsp3) is 0.133. The molecule has 0 heterocycles. The number of Topliss-reactive ketones (excluding diaryl/α,β-unsaturated/α-hetero) is 1. The third-order valence-electron chi connectivity index (χ3n) is 2.82. The molecule has 0 saturated heterocycles. The van der Waals surface area contributed by atoms with E-state index >= 15 is 0 Å². The van der Waals surface area contributed by atoms with Crippen molar-refractivity contribution >= 4 is 21.7 Å². The van der Waals surface area contributed by atoms with Gasteiger partial charge in [0.15, 0.2) is 17.4 Å². The zero-order valence-electron chi connectivity index (χ0n) is 10.6. The van der Waals surface area contributed by atoms with E-state index in [9.17, 15) is 13.6 Å². The van der Waals surface area contributed by atoms with Gasteiger partial charge in [0, 0.05) is 12.0 Å². The summed E-state index contributed by atoms with van der Waals surface area (Å²) in [7, 11) is 1.55. The summed E-state index contributed by atoms with van der Waals surface area (Å²) in [4.78, 5) is 12.0. The highest BCUT2D eigenvalue weighted by Crippen LogP contribution is 2.26. The number of methoxy groups -OCH3 is 1. The van der Waals surface area contributed by atoms with Crippen LogP contribution in [0, 0.1) is 11.6 Å². The summed E-state index contributed by atoms with van der Waals surface area (Å²) in [6.07, 6.45) is 0.105. The first-order chi connectivity index (χ1) is 9.51. The van der Waals surface area contributed by atoms with Crippen LogP contribution in [0.25, 0.3) is 0 Å². The molecule has 0 aliphatic rings. The van der Waals surface area contributed by atoms with Crippen LogP contribution in [0.2, 0.25) is 0 Å². The summed E-state index contributed by atoms with van der Waals surface area (Å²) in [6.45, 7) is 0. The summed E-state index contributed by atoms with van der Waals surface area (Å²) < 4.78 is 31.7. The van der Waals surface area contributed by atoms with Crippen molar-refractivity contribution in [2.45, 2.75) is 6.42 Å². The molecule has 104 valence electrons. The summed E-state index contributed by atoms with van der Waals surface area (Å²) >= 11 is 3.33. The van der Waals surface area contributed by atoms with E-state index in [-0.39, 0.29) is 17.8 Å². The van der Waals surface area contributed by atoms with Crippen molar-refractivity contribution in [1.29, 1.82) is 0 Å². The molecule has 0 fully saturated rings. The highest BCUT2D eigenvalue weighted by Gasteiger charge is 2.11. The van der Waals surface area contributed by atoms with Crippen LogP contribution in [0.5, 0.6) is 5.75 Å². The first-order valence-corrected chi connectivity index (χ1v) is 6.61. The molecule has 0 saturated carbocycles. The highest BCUT2D eigenvalue weighted by molar-refractivity contribution is 9.10. The maximum absolute atomic E-state index is 13.1. The zero-order valence-corrected chi connectivity index (χ0v) is 12.2. The number of hydrogen-bond acceptors (Lipinski definition) is 2. The van der Waals surface area contributed by atoms with Crippen LogP contribution in [0.3, 0.4) is 0 Å². The fourth-order valence-corrected chi connectivity index (χ4v) is 2.36. The zero-order chi connectivity index (χ0) is 14.7. The summed E-state index contributed by atoms with van der Waals surface area (Å²) in [6, 6.07) is 8.39. The predicted molar refractivity (Wildman–Crippen MR) is 75.1 cm³/mol. The van der Waals surface area contributed by atoms with Gasteiger partial charge in [0.25, 0.3) is 0 Å². The summed E-state index contributed by atoms with van der Waals surface area (Å²) in [5.41, 5.74) is 0.906. The van der Waals surface area contributed by atoms with Crippen LogP contribution >= 0.6 is 15.9 Å². The number of carbonyl (C=O) groups is 1. The van der Waals surface area contributed by atoms with Crippen molar-refractivity contribution < 1.29 is 18.3 Å². The topological polar surface area (TPSA) is 26.3 Å². The molecule has 0 aliphatic heterocycles. The molecule has 0 radical (unpaired) electrons. The van der Waals surface area contributed by atoms with Crippen molar-refractivity contribution in [2.24, 2.45) is 0 Å². The Morgan fingerprint density at radius 1 is 1.15 bits per heavy atom. The Kier molecular flexibility index (Phi) is 4.49. The van der Waals surface area contributed by atoms with Crippen LogP contribution in [0.15, 0.2) is 40.9 Å². The van der Waals surface area contributed by atoms with E-state index in [0.717, 1.165) is 22.2 Å². The molecule has 0 spiro atoms. The Balaban J connectivity index is 2.19. The summed E-state index contributed by atoms with van der Waals surface area (Å²) in [5.74, 6) is -1.60. The number of halogens is 3. The molecule has 5 heteroatoms. The van der Waals surface area contributed by atoms with Gasteiger partial charge in [0.05, 0.1) is 11.6 Å². The molecule has 2 rings (SSSR count). The minimum atomic E-state index is -1.02. The second-order valence-electron chi connectivity index (χ2n) is 4.20. The van der Waals surface area contributed by atoms with Crippen molar-refractivity contribution in [2.75, 3.05) is 7.11 Å². The predicted octanol–water partition coefficient (Wildman–Crippen LogP) is 4.16. The van der Waals surface area contributed by atoms with E-state index in [1.165, 1.54) is 6.07 Å². The molecule has 2 aromatic rings. The number of carbonyl (C=O) groups excluding carboxylic acids is 1. The Bertz CT molecular complexity index is 656. The first-order valence-electron chi connectivity index (χ1n) is 5.82. The SMILES string of the molecule is COc1ccc(CC(=O)c2ccc(F)c(F)c2)cc1Br. The first kappa shape index (κ1) is 14.7. The molecule has 0 N–H and O–H groups in total. The molecule has 0 aliphatic carbocycles. The van der Waals surface area contributed by atoms with Crippen molar-refractivity contribution in [3.63, 3.8) is 0 Å². The molecule has 0 aromatic heterocycles. The fourth-order valence-electron chi connectivity index (χ4n) is 1.78. The van der Waals surface area contributed by atoms with E-state index in [0.29, 0.717) is 5.75 Å². The minimum Gasteiger partial charge on any atom is -0.496 e. The summed E-state index contributed by atoms with van der Waals surface area (Å²) in [5, 5.41) is 0. The monoisotopic (exact) mass is 340 g/mol. The lowest BCUT2D eigenvalue weighted by atomic mass is 10.0. The smallest absolute Gasteiger partial charge is 0.167 e. The van der Waals surface area contributed by atoms with Gasteiger partial charge in [-0.2, -0.15) is 0 Å². The molecule has 0 atom stereocenters. The third kappa shape index (κ3) is 3.22. The lowest BCUT2D eigenvalue weighted by Crippen LogP contribution is -2.04. The second-order valence-corrected chi connectivity index (χ2v) is 5.05.